The van der Waals surface area contributed by atoms with Gasteiger partial charge >= 0.3 is 0 Å². The average Bonchev–Trinajstić information content (AvgIpc) is 2.83. The first-order valence-electron chi connectivity index (χ1n) is 8.00. The number of ether oxygens (including phenoxy) is 1. The second-order valence-corrected chi connectivity index (χ2v) is 7.69. The highest BCUT2D eigenvalue weighted by Gasteiger charge is 2.40. The summed E-state index contributed by atoms with van der Waals surface area (Å²) in [7, 11) is 0. The van der Waals surface area contributed by atoms with Gasteiger partial charge in [-0.25, -0.2) is 0 Å². The van der Waals surface area contributed by atoms with Crippen LogP contribution in [-0.2, 0) is 4.74 Å². The highest BCUT2D eigenvalue weighted by atomic mass is 32.2. The fourth-order valence-electron chi connectivity index (χ4n) is 3.69. The van der Waals surface area contributed by atoms with Crippen LogP contribution in [0.4, 0.5) is 0 Å². The van der Waals surface area contributed by atoms with Gasteiger partial charge in [-0.15, -0.1) is 0 Å². The number of amidine groups is 1. The maximum Gasteiger partial charge on any atom is 0.157 e. The Balaban J connectivity index is 1.47. The maximum atomic E-state index is 5.37. The molecule has 0 amide bonds. The van der Waals surface area contributed by atoms with E-state index in [0.29, 0.717) is 6.04 Å². The van der Waals surface area contributed by atoms with E-state index in [1.807, 2.05) is 11.8 Å². The van der Waals surface area contributed by atoms with Crippen molar-refractivity contribution in [3.05, 3.63) is 0 Å². The quantitative estimate of drug-likeness (QED) is 0.862. The minimum Gasteiger partial charge on any atom is -0.379 e. The summed E-state index contributed by atoms with van der Waals surface area (Å²) in [6.45, 7) is 10.6. The highest BCUT2D eigenvalue weighted by molar-refractivity contribution is 8.14. The first-order chi connectivity index (χ1) is 9.72. The van der Waals surface area contributed by atoms with Crippen LogP contribution in [0, 0.1) is 11.8 Å². The molecule has 20 heavy (non-hydrogen) atoms. The predicted molar refractivity (Wildman–Crippen MR) is 85.4 cm³/mol. The third kappa shape index (κ3) is 3.49. The lowest BCUT2D eigenvalue weighted by atomic mass is 9.80. The lowest BCUT2D eigenvalue weighted by Gasteiger charge is -2.33. The number of nitrogens with one attached hydrogen (secondary N) is 1. The monoisotopic (exact) mass is 297 g/mol. The maximum absolute atomic E-state index is 5.37. The fourth-order valence-corrected chi connectivity index (χ4v) is 5.02. The SMILES string of the molecule is CC1CC(C)C2SC(=NCCN3CCOCC3)NC2C1. The molecule has 3 fully saturated rings. The molecule has 0 spiro atoms. The highest BCUT2D eigenvalue weighted by Crippen LogP contribution is 2.40. The number of nitrogens with zero attached hydrogens (tertiary/aromatic N) is 2. The van der Waals surface area contributed by atoms with Crippen LogP contribution in [0.1, 0.15) is 26.7 Å². The molecule has 2 aliphatic heterocycles. The van der Waals surface area contributed by atoms with Gasteiger partial charge in [-0.3, -0.25) is 9.89 Å². The number of thioether (sulfide) groups is 1. The van der Waals surface area contributed by atoms with Gasteiger partial charge in [-0.1, -0.05) is 25.6 Å². The molecule has 3 rings (SSSR count). The first kappa shape index (κ1) is 14.7. The van der Waals surface area contributed by atoms with Crippen LogP contribution in [-0.4, -0.2) is 60.8 Å². The van der Waals surface area contributed by atoms with Gasteiger partial charge in [-0.05, 0) is 24.7 Å². The van der Waals surface area contributed by atoms with Gasteiger partial charge in [0.05, 0.1) is 19.8 Å². The van der Waals surface area contributed by atoms with Crippen LogP contribution in [0.15, 0.2) is 4.99 Å². The standard InChI is InChI=1S/C15H27N3OS/c1-11-9-12(2)14-13(10-11)17-15(20-14)16-3-4-18-5-7-19-8-6-18/h11-14H,3-10H2,1-2H3,(H,16,17). The molecule has 4 unspecified atom stereocenters. The number of rotatable bonds is 3. The van der Waals surface area contributed by atoms with E-state index < -0.39 is 0 Å². The van der Waals surface area contributed by atoms with Crippen molar-refractivity contribution in [1.82, 2.24) is 10.2 Å². The summed E-state index contributed by atoms with van der Waals surface area (Å²) in [5.74, 6) is 1.67. The van der Waals surface area contributed by atoms with Crippen molar-refractivity contribution in [3.63, 3.8) is 0 Å². The minimum absolute atomic E-state index is 0.654. The largest absolute Gasteiger partial charge is 0.379 e. The van der Waals surface area contributed by atoms with Gasteiger partial charge in [0.2, 0.25) is 0 Å². The Bertz CT molecular complexity index is 357. The number of hydrogen-bond donors (Lipinski definition) is 1. The van der Waals surface area contributed by atoms with Crippen molar-refractivity contribution in [2.45, 2.75) is 38.0 Å². The van der Waals surface area contributed by atoms with Crippen LogP contribution in [0.25, 0.3) is 0 Å². The lowest BCUT2D eigenvalue weighted by Crippen LogP contribution is -2.40. The van der Waals surface area contributed by atoms with Crippen molar-refractivity contribution in [2.75, 3.05) is 39.4 Å². The molecule has 3 aliphatic rings. The Morgan fingerprint density at radius 1 is 1.30 bits per heavy atom. The minimum atomic E-state index is 0.654. The second kappa shape index (κ2) is 6.67. The van der Waals surface area contributed by atoms with Gasteiger partial charge in [0, 0.05) is 30.9 Å². The lowest BCUT2D eigenvalue weighted by molar-refractivity contribution is 0.0394. The topological polar surface area (TPSA) is 36.9 Å². The van der Waals surface area contributed by atoms with Crippen molar-refractivity contribution < 1.29 is 4.74 Å². The van der Waals surface area contributed by atoms with Gasteiger partial charge in [0.1, 0.15) is 0 Å². The van der Waals surface area contributed by atoms with E-state index in [1.54, 1.807) is 0 Å². The van der Waals surface area contributed by atoms with E-state index in [-0.39, 0.29) is 0 Å². The smallest absolute Gasteiger partial charge is 0.157 e. The molecule has 4 atom stereocenters. The molecule has 5 heteroatoms. The summed E-state index contributed by atoms with van der Waals surface area (Å²) in [6, 6.07) is 0.654. The predicted octanol–water partition coefficient (Wildman–Crippen LogP) is 1.81. The van der Waals surface area contributed by atoms with E-state index in [4.69, 9.17) is 9.73 Å². The summed E-state index contributed by atoms with van der Waals surface area (Å²) >= 11 is 1.99. The molecule has 0 aromatic carbocycles. The Hall–Kier alpha value is -0.260. The van der Waals surface area contributed by atoms with Crippen molar-refractivity contribution in [3.8, 4) is 0 Å². The third-order valence-electron chi connectivity index (χ3n) is 4.72. The normalized spacial score (nSPS) is 40.6. The zero-order chi connectivity index (χ0) is 13.9. The van der Waals surface area contributed by atoms with Crippen molar-refractivity contribution in [1.29, 1.82) is 0 Å². The molecule has 0 bridgehead atoms. The molecule has 0 radical (unpaired) electrons. The molecule has 2 heterocycles. The van der Waals surface area contributed by atoms with Crippen molar-refractivity contribution >= 4 is 16.9 Å². The van der Waals surface area contributed by atoms with E-state index in [0.717, 1.165) is 56.5 Å². The zero-order valence-corrected chi connectivity index (χ0v) is 13.5. The van der Waals surface area contributed by atoms with E-state index in [9.17, 15) is 0 Å². The molecular formula is C15H27N3OS. The van der Waals surface area contributed by atoms with Gasteiger partial charge in [0.25, 0.3) is 0 Å². The molecule has 1 saturated carbocycles. The Kier molecular flexibility index (Phi) is 4.89. The second-order valence-electron chi connectivity index (χ2n) is 6.53. The van der Waals surface area contributed by atoms with E-state index in [2.05, 4.69) is 24.1 Å². The van der Waals surface area contributed by atoms with Crippen LogP contribution in [0.2, 0.25) is 0 Å². The van der Waals surface area contributed by atoms with Gasteiger partial charge in [0.15, 0.2) is 5.17 Å². The number of fused-ring (bicyclic) bond motifs is 1. The molecular weight excluding hydrogens is 270 g/mol. The fraction of sp³-hybridized carbons (Fsp3) is 0.933. The summed E-state index contributed by atoms with van der Waals surface area (Å²) in [6.07, 6.45) is 2.68. The summed E-state index contributed by atoms with van der Waals surface area (Å²) in [5, 5.41) is 5.59. The molecule has 0 aromatic heterocycles. The molecule has 0 aromatic rings. The molecule has 114 valence electrons. The molecule has 2 saturated heterocycles. The Morgan fingerprint density at radius 2 is 2.10 bits per heavy atom. The molecule has 1 N–H and O–H groups in total. The summed E-state index contributed by atoms with van der Waals surface area (Å²) in [5.41, 5.74) is 0. The Morgan fingerprint density at radius 3 is 2.90 bits per heavy atom. The molecule has 4 nitrogen and oxygen atoms in total. The summed E-state index contributed by atoms with van der Waals surface area (Å²) < 4.78 is 5.37. The average molecular weight is 297 g/mol. The number of aliphatic imine (C=N–C) groups is 1. The third-order valence-corrected chi connectivity index (χ3v) is 6.26. The van der Waals surface area contributed by atoms with Crippen LogP contribution in [0.5, 0.6) is 0 Å². The molecule has 1 aliphatic carbocycles. The van der Waals surface area contributed by atoms with Gasteiger partial charge in [-0.2, -0.15) is 0 Å². The van der Waals surface area contributed by atoms with Crippen molar-refractivity contribution in [2.24, 2.45) is 16.8 Å². The van der Waals surface area contributed by atoms with Crippen LogP contribution >= 0.6 is 11.8 Å². The number of morpholine rings is 1. The van der Waals surface area contributed by atoms with E-state index >= 15 is 0 Å². The number of hydrogen-bond acceptors (Lipinski definition) is 4. The first-order valence-corrected chi connectivity index (χ1v) is 8.88. The Labute approximate surface area is 126 Å². The van der Waals surface area contributed by atoms with E-state index in [1.165, 1.54) is 18.0 Å². The zero-order valence-electron chi connectivity index (χ0n) is 12.7. The summed E-state index contributed by atoms with van der Waals surface area (Å²) in [4.78, 5) is 7.24. The van der Waals surface area contributed by atoms with Gasteiger partial charge < -0.3 is 10.1 Å². The van der Waals surface area contributed by atoms with Crippen LogP contribution in [0.3, 0.4) is 0 Å². The van der Waals surface area contributed by atoms with Crippen LogP contribution < -0.4 is 5.32 Å².